The van der Waals surface area contributed by atoms with E-state index in [0.717, 1.165) is 28.5 Å². The predicted octanol–water partition coefficient (Wildman–Crippen LogP) is 5.86. The zero-order valence-corrected chi connectivity index (χ0v) is 15.3. The summed E-state index contributed by atoms with van der Waals surface area (Å²) in [5.74, 6) is 0. The van der Waals surface area contributed by atoms with Gasteiger partial charge in [-0.15, -0.1) is 0 Å². The number of hydrogen-bond acceptors (Lipinski definition) is 2. The van der Waals surface area contributed by atoms with Gasteiger partial charge in [0.25, 0.3) is 0 Å². The first-order valence-electron chi connectivity index (χ1n) is 6.61. The fourth-order valence-electron chi connectivity index (χ4n) is 1.80. The van der Waals surface area contributed by atoms with Gasteiger partial charge in [0, 0.05) is 25.3 Å². The first-order valence-corrected chi connectivity index (χ1v) is 9.02. The fraction of sp³-hybridized carbons (Fsp3) is 0.250. The maximum Gasteiger partial charge on any atom is 0.0216 e. The summed E-state index contributed by atoms with van der Waals surface area (Å²) in [4.78, 5) is 2.55. The third-order valence-electron chi connectivity index (χ3n) is 2.81. The normalized spacial score (nSPS) is 10.8. The summed E-state index contributed by atoms with van der Waals surface area (Å²) >= 11 is 8.84. The molecule has 0 saturated heterocycles. The Morgan fingerprint density at radius 2 is 1.70 bits per heavy atom. The van der Waals surface area contributed by atoms with Crippen LogP contribution < -0.4 is 5.32 Å². The minimum Gasteiger partial charge on any atom is -0.313 e. The van der Waals surface area contributed by atoms with Gasteiger partial charge in [0.05, 0.1) is 0 Å². The minimum atomic E-state index is 0.917. The molecule has 1 N–H and O–H groups in total. The van der Waals surface area contributed by atoms with Crippen LogP contribution in [-0.2, 0) is 6.54 Å². The number of halogens is 2. The van der Waals surface area contributed by atoms with E-state index in [1.165, 1.54) is 15.4 Å². The molecule has 0 fully saturated rings. The Morgan fingerprint density at radius 1 is 1.00 bits per heavy atom. The van der Waals surface area contributed by atoms with Crippen molar-refractivity contribution in [3.63, 3.8) is 0 Å². The molecule has 0 aliphatic carbocycles. The summed E-state index contributed by atoms with van der Waals surface area (Å²) in [6, 6.07) is 14.9. The molecule has 0 spiro atoms. The summed E-state index contributed by atoms with van der Waals surface area (Å²) in [6.07, 6.45) is 1.16. The van der Waals surface area contributed by atoms with Crippen molar-refractivity contribution >= 4 is 43.6 Å². The molecular formula is C16H17Br2NS. The largest absolute Gasteiger partial charge is 0.313 e. The lowest BCUT2D eigenvalue weighted by Crippen LogP contribution is -2.14. The van der Waals surface area contributed by atoms with Gasteiger partial charge in [0.2, 0.25) is 0 Å². The van der Waals surface area contributed by atoms with Gasteiger partial charge in [0.1, 0.15) is 0 Å². The van der Waals surface area contributed by atoms with Crippen molar-refractivity contribution in [3.05, 3.63) is 57.0 Å². The van der Waals surface area contributed by atoms with E-state index in [1.54, 1.807) is 11.8 Å². The number of rotatable bonds is 6. The Labute approximate surface area is 141 Å². The SMILES string of the molecule is CCCNCc1ccc(Br)cc1Sc1ccc(Br)cc1. The summed E-state index contributed by atoms with van der Waals surface area (Å²) < 4.78 is 2.23. The second-order valence-electron chi connectivity index (χ2n) is 4.48. The third kappa shape index (κ3) is 4.92. The van der Waals surface area contributed by atoms with Gasteiger partial charge in [-0.2, -0.15) is 0 Å². The molecule has 20 heavy (non-hydrogen) atoms. The van der Waals surface area contributed by atoms with E-state index in [2.05, 4.69) is 86.6 Å². The Morgan fingerprint density at radius 3 is 2.40 bits per heavy atom. The van der Waals surface area contributed by atoms with Crippen molar-refractivity contribution in [2.45, 2.75) is 29.7 Å². The van der Waals surface area contributed by atoms with Crippen molar-refractivity contribution in [1.82, 2.24) is 5.32 Å². The molecule has 1 nitrogen and oxygen atoms in total. The van der Waals surface area contributed by atoms with Gasteiger partial charge in [-0.05, 0) is 54.9 Å². The van der Waals surface area contributed by atoms with Gasteiger partial charge in [-0.25, -0.2) is 0 Å². The quantitative estimate of drug-likeness (QED) is 0.593. The van der Waals surface area contributed by atoms with Crippen LogP contribution in [0.4, 0.5) is 0 Å². The molecule has 0 aliphatic heterocycles. The molecule has 2 aromatic rings. The first-order chi connectivity index (χ1) is 9.69. The standard InChI is InChI=1S/C16H17Br2NS/c1-2-9-19-11-12-3-4-14(18)10-16(12)20-15-7-5-13(17)6-8-15/h3-8,10,19H,2,9,11H2,1H3. The second kappa shape index (κ2) is 8.23. The highest BCUT2D eigenvalue weighted by molar-refractivity contribution is 9.10. The lowest BCUT2D eigenvalue weighted by molar-refractivity contribution is 0.669. The molecule has 2 aromatic carbocycles. The minimum absolute atomic E-state index is 0.917. The smallest absolute Gasteiger partial charge is 0.0216 e. The highest BCUT2D eigenvalue weighted by Gasteiger charge is 2.05. The van der Waals surface area contributed by atoms with Crippen LogP contribution in [0.3, 0.4) is 0 Å². The van der Waals surface area contributed by atoms with E-state index >= 15 is 0 Å². The van der Waals surface area contributed by atoms with Crippen LogP contribution in [0.1, 0.15) is 18.9 Å². The molecule has 0 aromatic heterocycles. The molecule has 106 valence electrons. The van der Waals surface area contributed by atoms with E-state index in [1.807, 2.05) is 0 Å². The second-order valence-corrected chi connectivity index (χ2v) is 7.43. The maximum absolute atomic E-state index is 3.56. The molecular weight excluding hydrogens is 398 g/mol. The van der Waals surface area contributed by atoms with Gasteiger partial charge in [0.15, 0.2) is 0 Å². The average molecular weight is 415 g/mol. The Hall–Kier alpha value is -0.290. The summed E-state index contributed by atoms with van der Waals surface area (Å²) in [5, 5.41) is 3.47. The Kier molecular flexibility index (Phi) is 6.62. The topological polar surface area (TPSA) is 12.0 Å². The van der Waals surface area contributed by atoms with E-state index in [4.69, 9.17) is 0 Å². The Bertz CT molecular complexity index is 555. The summed E-state index contributed by atoms with van der Waals surface area (Å²) in [5.41, 5.74) is 1.34. The zero-order valence-electron chi connectivity index (χ0n) is 11.3. The van der Waals surface area contributed by atoms with Crippen LogP contribution in [0.25, 0.3) is 0 Å². The lowest BCUT2D eigenvalue weighted by Gasteiger charge is -2.11. The van der Waals surface area contributed by atoms with Gasteiger partial charge >= 0.3 is 0 Å². The molecule has 0 unspecified atom stereocenters. The summed E-state index contributed by atoms with van der Waals surface area (Å²) in [7, 11) is 0. The van der Waals surface area contributed by atoms with Crippen LogP contribution in [-0.4, -0.2) is 6.54 Å². The predicted molar refractivity (Wildman–Crippen MR) is 94.4 cm³/mol. The number of hydrogen-bond donors (Lipinski definition) is 1. The van der Waals surface area contributed by atoms with Gasteiger partial charge in [-0.1, -0.05) is 56.6 Å². The number of benzene rings is 2. The van der Waals surface area contributed by atoms with Gasteiger partial charge < -0.3 is 5.32 Å². The summed E-state index contributed by atoms with van der Waals surface area (Å²) in [6.45, 7) is 4.16. The molecule has 0 saturated carbocycles. The van der Waals surface area contributed by atoms with Crippen LogP contribution in [0.15, 0.2) is 61.2 Å². The molecule has 0 aliphatic rings. The molecule has 0 heterocycles. The Balaban J connectivity index is 2.15. The third-order valence-corrected chi connectivity index (χ3v) is 4.94. The first kappa shape index (κ1) is 16.1. The molecule has 0 radical (unpaired) electrons. The van der Waals surface area contributed by atoms with E-state index < -0.39 is 0 Å². The lowest BCUT2D eigenvalue weighted by atomic mass is 10.2. The highest BCUT2D eigenvalue weighted by Crippen LogP contribution is 2.33. The van der Waals surface area contributed by atoms with E-state index in [9.17, 15) is 0 Å². The molecule has 0 atom stereocenters. The van der Waals surface area contributed by atoms with Crippen LogP contribution in [0.5, 0.6) is 0 Å². The monoisotopic (exact) mass is 413 g/mol. The molecule has 2 rings (SSSR count). The van der Waals surface area contributed by atoms with Crippen LogP contribution >= 0.6 is 43.6 Å². The molecule has 4 heteroatoms. The fourth-order valence-corrected chi connectivity index (χ4v) is 3.56. The van der Waals surface area contributed by atoms with Crippen molar-refractivity contribution in [2.24, 2.45) is 0 Å². The molecule has 0 bridgehead atoms. The van der Waals surface area contributed by atoms with Gasteiger partial charge in [-0.3, -0.25) is 0 Å². The zero-order chi connectivity index (χ0) is 14.4. The van der Waals surface area contributed by atoms with Crippen molar-refractivity contribution in [1.29, 1.82) is 0 Å². The maximum atomic E-state index is 3.56. The van der Waals surface area contributed by atoms with Crippen molar-refractivity contribution in [2.75, 3.05) is 6.54 Å². The van der Waals surface area contributed by atoms with Crippen LogP contribution in [0, 0.1) is 0 Å². The number of nitrogens with one attached hydrogen (secondary N) is 1. The van der Waals surface area contributed by atoms with Crippen molar-refractivity contribution in [3.8, 4) is 0 Å². The van der Waals surface area contributed by atoms with Crippen molar-refractivity contribution < 1.29 is 0 Å². The van der Waals surface area contributed by atoms with E-state index in [-0.39, 0.29) is 0 Å². The average Bonchev–Trinajstić information content (AvgIpc) is 2.44. The highest BCUT2D eigenvalue weighted by atomic mass is 79.9. The molecule has 0 amide bonds. The van der Waals surface area contributed by atoms with Crippen LogP contribution in [0.2, 0.25) is 0 Å². The van der Waals surface area contributed by atoms with E-state index in [0.29, 0.717) is 0 Å².